The van der Waals surface area contributed by atoms with Gasteiger partial charge < -0.3 is 5.11 Å². The summed E-state index contributed by atoms with van der Waals surface area (Å²) in [5.41, 5.74) is 1.07. The van der Waals surface area contributed by atoms with Crippen LogP contribution in [0.1, 0.15) is 20.8 Å². The van der Waals surface area contributed by atoms with E-state index in [1.165, 1.54) is 11.3 Å². The molecule has 0 aliphatic heterocycles. The predicted molar refractivity (Wildman–Crippen MR) is 56.1 cm³/mol. The molecule has 0 radical (unpaired) electrons. The molecule has 1 aromatic rings. The van der Waals surface area contributed by atoms with Gasteiger partial charge in [-0.3, -0.25) is 0 Å². The van der Waals surface area contributed by atoms with E-state index in [2.05, 4.69) is 10.2 Å². The zero-order valence-electron chi connectivity index (χ0n) is 8.02. The predicted octanol–water partition coefficient (Wildman–Crippen LogP) is 2.04. The third-order valence-electron chi connectivity index (χ3n) is 2.07. The summed E-state index contributed by atoms with van der Waals surface area (Å²) in [6, 6.07) is 0. The van der Waals surface area contributed by atoms with E-state index in [1.54, 1.807) is 17.3 Å². The number of aliphatic hydroxyl groups is 1. The summed E-state index contributed by atoms with van der Waals surface area (Å²) < 4.78 is 0.918. The summed E-state index contributed by atoms with van der Waals surface area (Å²) in [4.78, 5) is 0. The maximum Gasteiger partial charge on any atom is 0.174 e. The lowest BCUT2D eigenvalue weighted by molar-refractivity contribution is 0.0376. The molecule has 1 heterocycles. The fourth-order valence-corrected chi connectivity index (χ4v) is 2.31. The van der Waals surface area contributed by atoms with E-state index in [0.717, 1.165) is 4.34 Å². The van der Waals surface area contributed by atoms with Gasteiger partial charge in [-0.2, -0.15) is 0 Å². The summed E-state index contributed by atoms with van der Waals surface area (Å²) in [6.07, 6.45) is 0. The summed E-state index contributed by atoms with van der Waals surface area (Å²) in [7, 11) is 0. The highest BCUT2D eigenvalue weighted by Gasteiger charge is 2.25. The van der Waals surface area contributed by atoms with E-state index >= 15 is 0 Å². The van der Waals surface area contributed by atoms with Gasteiger partial charge >= 0.3 is 0 Å². The minimum absolute atomic E-state index is 0.257. The molecule has 1 unspecified atom stereocenters. The molecule has 0 amide bonds. The molecule has 0 spiro atoms. The third-order valence-corrected chi connectivity index (χ3v) is 4.25. The van der Waals surface area contributed by atoms with Crippen LogP contribution < -0.4 is 0 Å². The van der Waals surface area contributed by atoms with Crippen LogP contribution in [0, 0.1) is 5.92 Å². The fraction of sp³-hybridized carbons (Fsp3) is 0.750. The second-order valence-electron chi connectivity index (χ2n) is 3.51. The van der Waals surface area contributed by atoms with E-state index in [-0.39, 0.29) is 5.92 Å². The van der Waals surface area contributed by atoms with Crippen molar-refractivity contribution in [1.82, 2.24) is 10.2 Å². The van der Waals surface area contributed by atoms with Gasteiger partial charge in [-0.25, -0.2) is 0 Å². The fourth-order valence-electron chi connectivity index (χ4n) is 0.600. The van der Waals surface area contributed by atoms with Gasteiger partial charge in [0.05, 0.1) is 5.60 Å². The Kier molecular flexibility index (Phi) is 3.70. The third kappa shape index (κ3) is 3.25. The second-order valence-corrected chi connectivity index (χ2v) is 5.56. The van der Waals surface area contributed by atoms with Crippen LogP contribution in [0.2, 0.25) is 0 Å². The van der Waals surface area contributed by atoms with Crippen LogP contribution in [-0.2, 0) is 0 Å². The summed E-state index contributed by atoms with van der Waals surface area (Å²) in [6.45, 7) is 5.88. The van der Waals surface area contributed by atoms with Gasteiger partial charge in [-0.1, -0.05) is 36.9 Å². The van der Waals surface area contributed by atoms with Gasteiger partial charge in [-0.05, 0) is 12.8 Å². The maximum atomic E-state index is 9.93. The minimum Gasteiger partial charge on any atom is -0.389 e. The Morgan fingerprint density at radius 3 is 2.85 bits per heavy atom. The molecular weight excluding hydrogens is 204 g/mol. The molecule has 5 heteroatoms. The van der Waals surface area contributed by atoms with Crippen LogP contribution in [0.4, 0.5) is 0 Å². The summed E-state index contributed by atoms with van der Waals surface area (Å²) >= 11 is 3.06. The number of nitrogens with zero attached hydrogens (tertiary/aromatic N) is 2. The van der Waals surface area contributed by atoms with E-state index in [9.17, 15) is 5.11 Å². The summed E-state index contributed by atoms with van der Waals surface area (Å²) in [5.74, 6) is 0.924. The molecule has 1 rings (SSSR count). The molecule has 0 aliphatic rings. The molecule has 1 atom stereocenters. The van der Waals surface area contributed by atoms with Crippen molar-refractivity contribution in [3.8, 4) is 0 Å². The SMILES string of the molecule is CC(C)C(C)(O)CSc1nncs1. The first-order chi connectivity index (χ1) is 6.02. The van der Waals surface area contributed by atoms with Crippen LogP contribution in [0.15, 0.2) is 9.85 Å². The number of hydrogen-bond donors (Lipinski definition) is 1. The largest absolute Gasteiger partial charge is 0.389 e. The molecule has 0 bridgehead atoms. The Labute approximate surface area is 86.6 Å². The second kappa shape index (κ2) is 4.39. The zero-order chi connectivity index (χ0) is 9.90. The smallest absolute Gasteiger partial charge is 0.174 e. The van der Waals surface area contributed by atoms with Crippen molar-refractivity contribution in [2.24, 2.45) is 5.92 Å². The van der Waals surface area contributed by atoms with Crippen molar-refractivity contribution in [2.75, 3.05) is 5.75 Å². The van der Waals surface area contributed by atoms with Gasteiger partial charge in [0.1, 0.15) is 5.51 Å². The van der Waals surface area contributed by atoms with Gasteiger partial charge in [0.15, 0.2) is 4.34 Å². The lowest BCUT2D eigenvalue weighted by Crippen LogP contribution is -2.33. The van der Waals surface area contributed by atoms with Crippen molar-refractivity contribution in [3.63, 3.8) is 0 Å². The Hall–Kier alpha value is -0.130. The molecule has 1 aromatic heterocycles. The zero-order valence-corrected chi connectivity index (χ0v) is 9.65. The highest BCUT2D eigenvalue weighted by molar-refractivity contribution is 8.01. The Morgan fingerprint density at radius 2 is 2.38 bits per heavy atom. The topological polar surface area (TPSA) is 46.0 Å². The molecule has 3 nitrogen and oxygen atoms in total. The monoisotopic (exact) mass is 218 g/mol. The van der Waals surface area contributed by atoms with Crippen molar-refractivity contribution in [3.05, 3.63) is 5.51 Å². The number of thioether (sulfide) groups is 1. The lowest BCUT2D eigenvalue weighted by atomic mass is 9.95. The van der Waals surface area contributed by atoms with Crippen molar-refractivity contribution < 1.29 is 5.11 Å². The van der Waals surface area contributed by atoms with Crippen LogP contribution in [-0.4, -0.2) is 26.7 Å². The number of hydrogen-bond acceptors (Lipinski definition) is 5. The van der Waals surface area contributed by atoms with Crippen molar-refractivity contribution >= 4 is 23.1 Å². The van der Waals surface area contributed by atoms with E-state index < -0.39 is 5.60 Å². The van der Waals surface area contributed by atoms with E-state index in [4.69, 9.17) is 0 Å². The molecule has 74 valence electrons. The quantitative estimate of drug-likeness (QED) is 0.786. The number of aromatic nitrogens is 2. The Balaban J connectivity index is 2.42. The molecule has 0 saturated carbocycles. The van der Waals surface area contributed by atoms with Gasteiger partial charge in [0.2, 0.25) is 0 Å². The highest BCUT2D eigenvalue weighted by atomic mass is 32.2. The summed E-state index contributed by atoms with van der Waals surface area (Å²) in [5, 5.41) is 17.6. The minimum atomic E-state index is -0.629. The van der Waals surface area contributed by atoms with Crippen molar-refractivity contribution in [1.29, 1.82) is 0 Å². The first-order valence-electron chi connectivity index (χ1n) is 4.13. The Morgan fingerprint density at radius 1 is 1.69 bits per heavy atom. The van der Waals surface area contributed by atoms with Crippen LogP contribution in [0.3, 0.4) is 0 Å². The molecule has 0 aliphatic carbocycles. The lowest BCUT2D eigenvalue weighted by Gasteiger charge is -2.26. The van der Waals surface area contributed by atoms with Crippen LogP contribution in [0.5, 0.6) is 0 Å². The van der Waals surface area contributed by atoms with Crippen LogP contribution in [0.25, 0.3) is 0 Å². The molecule has 0 aromatic carbocycles. The van der Waals surface area contributed by atoms with Gasteiger partial charge in [0, 0.05) is 5.75 Å². The highest BCUT2D eigenvalue weighted by Crippen LogP contribution is 2.27. The van der Waals surface area contributed by atoms with Gasteiger partial charge in [-0.15, -0.1) is 10.2 Å². The van der Waals surface area contributed by atoms with Crippen molar-refractivity contribution in [2.45, 2.75) is 30.7 Å². The molecule has 0 fully saturated rings. The maximum absolute atomic E-state index is 9.93. The average molecular weight is 218 g/mol. The van der Waals surface area contributed by atoms with E-state index in [1.807, 2.05) is 20.8 Å². The van der Waals surface area contributed by atoms with E-state index in [0.29, 0.717) is 5.75 Å². The Bertz CT molecular complexity index is 247. The molecule has 1 N–H and O–H groups in total. The standard InChI is InChI=1S/C8H14N2OS2/c1-6(2)8(3,11)4-12-7-10-9-5-13-7/h5-6,11H,4H2,1-3H3. The van der Waals surface area contributed by atoms with Gasteiger partial charge in [0.25, 0.3) is 0 Å². The first kappa shape index (κ1) is 10.9. The molecule has 0 saturated heterocycles. The normalized spacial score (nSPS) is 16.1. The molecular formula is C8H14N2OS2. The first-order valence-corrected chi connectivity index (χ1v) is 6.00. The number of rotatable bonds is 4. The molecule has 13 heavy (non-hydrogen) atoms. The average Bonchev–Trinajstić information content (AvgIpc) is 2.52. The van der Waals surface area contributed by atoms with Crippen LogP contribution >= 0.6 is 23.1 Å².